The number of carbonyl (C=O) groups is 2. The summed E-state index contributed by atoms with van der Waals surface area (Å²) < 4.78 is 45.9. The van der Waals surface area contributed by atoms with Crippen molar-refractivity contribution >= 4 is 49.1 Å². The van der Waals surface area contributed by atoms with E-state index in [-0.39, 0.29) is 30.4 Å². The molecule has 1 aliphatic heterocycles. The fraction of sp³-hybridized carbons (Fsp3) is 0.160. The van der Waals surface area contributed by atoms with Gasteiger partial charge in [-0.1, -0.05) is 29.5 Å². The Morgan fingerprint density at radius 2 is 1.76 bits per heavy atom. The van der Waals surface area contributed by atoms with Crippen LogP contribution in [0.1, 0.15) is 17.3 Å². The molecule has 0 fully saturated rings. The summed E-state index contributed by atoms with van der Waals surface area (Å²) in [4.78, 5) is 29.9. The first kappa shape index (κ1) is 24.5. The summed E-state index contributed by atoms with van der Waals surface area (Å²) in [5.41, 5.74) is 1.20. The molecule has 37 heavy (non-hydrogen) atoms. The van der Waals surface area contributed by atoms with Crippen LogP contribution in [0.3, 0.4) is 0 Å². The first-order valence-corrected chi connectivity index (χ1v) is 13.5. The number of fused-ring (bicyclic) bond motifs is 2. The van der Waals surface area contributed by atoms with Gasteiger partial charge in [-0.3, -0.25) is 14.3 Å². The molecule has 1 N–H and O–H groups in total. The summed E-state index contributed by atoms with van der Waals surface area (Å²) >= 11 is 1.22. The minimum atomic E-state index is -3.76. The number of benzene rings is 3. The van der Waals surface area contributed by atoms with Gasteiger partial charge in [0, 0.05) is 23.4 Å². The lowest BCUT2D eigenvalue weighted by atomic mass is 10.2. The summed E-state index contributed by atoms with van der Waals surface area (Å²) in [5, 5.41) is 0. The van der Waals surface area contributed by atoms with Crippen LogP contribution in [0.2, 0.25) is 0 Å². The molecule has 0 aliphatic carbocycles. The highest BCUT2D eigenvalue weighted by Gasteiger charge is 2.20. The highest BCUT2D eigenvalue weighted by molar-refractivity contribution is 7.92. The Balaban J connectivity index is 1.45. The molecule has 3 aromatic carbocycles. The Labute approximate surface area is 215 Å². The zero-order valence-electron chi connectivity index (χ0n) is 19.5. The first-order chi connectivity index (χ1) is 17.8. The molecule has 2 heterocycles. The van der Waals surface area contributed by atoms with Crippen molar-refractivity contribution in [2.24, 2.45) is 4.99 Å². The number of amides is 1. The zero-order valence-corrected chi connectivity index (χ0v) is 21.2. The maximum absolute atomic E-state index is 13.0. The zero-order chi connectivity index (χ0) is 26.0. The number of rotatable bonds is 7. The van der Waals surface area contributed by atoms with Gasteiger partial charge in [-0.05, 0) is 43.3 Å². The number of sulfonamides is 1. The van der Waals surface area contributed by atoms with Gasteiger partial charge in [-0.25, -0.2) is 8.42 Å². The van der Waals surface area contributed by atoms with E-state index in [0.29, 0.717) is 27.5 Å². The molecule has 5 rings (SSSR count). The van der Waals surface area contributed by atoms with Crippen LogP contribution in [-0.2, 0) is 26.1 Å². The maximum atomic E-state index is 13.0. The van der Waals surface area contributed by atoms with Crippen molar-refractivity contribution in [1.29, 1.82) is 0 Å². The lowest BCUT2D eigenvalue weighted by Crippen LogP contribution is -2.23. The molecule has 10 nitrogen and oxygen atoms in total. The van der Waals surface area contributed by atoms with Gasteiger partial charge >= 0.3 is 5.97 Å². The number of hydrogen-bond donors (Lipinski definition) is 1. The molecule has 0 bridgehead atoms. The van der Waals surface area contributed by atoms with Crippen molar-refractivity contribution < 1.29 is 32.2 Å². The Hall–Kier alpha value is -4.16. The van der Waals surface area contributed by atoms with Gasteiger partial charge in [0.1, 0.15) is 6.54 Å². The molecule has 0 radical (unpaired) electrons. The van der Waals surface area contributed by atoms with E-state index in [1.165, 1.54) is 47.7 Å². The largest absolute Gasteiger partial charge is 0.465 e. The predicted molar refractivity (Wildman–Crippen MR) is 136 cm³/mol. The molecule has 1 aromatic heterocycles. The molecule has 190 valence electrons. The number of nitrogens with one attached hydrogen (secondary N) is 1. The second-order valence-corrected chi connectivity index (χ2v) is 10.6. The summed E-state index contributed by atoms with van der Waals surface area (Å²) in [6.07, 6.45) is 0. The van der Waals surface area contributed by atoms with E-state index in [1.54, 1.807) is 41.8 Å². The summed E-state index contributed by atoms with van der Waals surface area (Å²) in [6, 6.07) is 17.4. The number of esters is 1. The fourth-order valence-electron chi connectivity index (χ4n) is 3.68. The quantitative estimate of drug-likeness (QED) is 0.356. The van der Waals surface area contributed by atoms with E-state index in [1.807, 2.05) is 0 Å². The first-order valence-electron chi connectivity index (χ1n) is 11.2. The molecule has 0 saturated heterocycles. The van der Waals surface area contributed by atoms with Crippen LogP contribution < -0.4 is 19.0 Å². The third kappa shape index (κ3) is 5.20. The number of thiazole rings is 1. The van der Waals surface area contributed by atoms with Gasteiger partial charge in [-0.2, -0.15) is 4.99 Å². The second kappa shape index (κ2) is 10.1. The minimum Gasteiger partial charge on any atom is -0.465 e. The highest BCUT2D eigenvalue weighted by atomic mass is 32.2. The molecule has 4 aromatic rings. The lowest BCUT2D eigenvalue weighted by Gasteiger charge is -2.08. The van der Waals surface area contributed by atoms with Gasteiger partial charge in [0.15, 0.2) is 16.3 Å². The van der Waals surface area contributed by atoms with Gasteiger partial charge in [0.05, 0.1) is 21.7 Å². The Bertz CT molecular complexity index is 1660. The molecular formula is C25H21N3O7S2. The summed E-state index contributed by atoms with van der Waals surface area (Å²) in [5.74, 6) is 0.0864. The average molecular weight is 540 g/mol. The van der Waals surface area contributed by atoms with Crippen molar-refractivity contribution in [2.75, 3.05) is 18.1 Å². The Morgan fingerprint density at radius 1 is 1.05 bits per heavy atom. The minimum absolute atomic E-state index is 0.109. The van der Waals surface area contributed by atoms with Crippen molar-refractivity contribution in [1.82, 2.24) is 4.57 Å². The van der Waals surface area contributed by atoms with E-state index >= 15 is 0 Å². The Morgan fingerprint density at radius 3 is 2.46 bits per heavy atom. The smallest absolute Gasteiger partial charge is 0.326 e. The predicted octanol–water partition coefficient (Wildman–Crippen LogP) is 3.54. The molecular weight excluding hydrogens is 518 g/mol. The molecule has 1 aliphatic rings. The van der Waals surface area contributed by atoms with Gasteiger partial charge in [-0.15, -0.1) is 0 Å². The van der Waals surface area contributed by atoms with Crippen molar-refractivity contribution in [3.05, 3.63) is 77.1 Å². The molecule has 0 spiro atoms. The monoisotopic (exact) mass is 539 g/mol. The molecule has 0 saturated carbocycles. The molecule has 0 unspecified atom stereocenters. The van der Waals surface area contributed by atoms with Crippen LogP contribution in [0.4, 0.5) is 5.69 Å². The highest BCUT2D eigenvalue weighted by Crippen LogP contribution is 2.37. The van der Waals surface area contributed by atoms with Gasteiger partial charge in [0.2, 0.25) is 6.79 Å². The third-order valence-corrected chi connectivity index (χ3v) is 7.84. The van der Waals surface area contributed by atoms with Crippen LogP contribution >= 0.6 is 11.3 Å². The topological polar surface area (TPSA) is 125 Å². The SMILES string of the molecule is CCOC(=O)Cn1c(=NC(=O)c2ccc(NS(=O)(=O)c3ccccc3)cc2)sc2cc3c(cc21)OCO3. The van der Waals surface area contributed by atoms with Crippen LogP contribution in [0.25, 0.3) is 10.2 Å². The summed E-state index contributed by atoms with van der Waals surface area (Å²) in [7, 11) is -3.76. The van der Waals surface area contributed by atoms with Crippen molar-refractivity contribution in [2.45, 2.75) is 18.4 Å². The normalized spacial score (nSPS) is 13.1. The van der Waals surface area contributed by atoms with Crippen LogP contribution in [0, 0.1) is 0 Å². The van der Waals surface area contributed by atoms with Gasteiger partial charge in [0.25, 0.3) is 15.9 Å². The fourth-order valence-corrected chi connectivity index (χ4v) is 5.80. The van der Waals surface area contributed by atoms with E-state index in [9.17, 15) is 18.0 Å². The number of ether oxygens (including phenoxy) is 3. The number of nitrogens with zero attached hydrogens (tertiary/aromatic N) is 2. The number of hydrogen-bond acceptors (Lipinski definition) is 8. The van der Waals surface area contributed by atoms with Gasteiger partial charge < -0.3 is 18.8 Å². The molecule has 0 atom stereocenters. The third-order valence-electron chi connectivity index (χ3n) is 5.40. The van der Waals surface area contributed by atoms with E-state index in [2.05, 4.69) is 9.71 Å². The molecule has 12 heteroatoms. The number of anilines is 1. The standard InChI is InChI=1S/C25H21N3O7S2/c1-2-33-23(29)14-28-19-12-20-21(35-15-34-20)13-22(19)36-25(28)26-24(30)16-8-10-17(11-9-16)27-37(31,32)18-6-4-3-5-7-18/h3-13,27H,2,14-15H2,1H3. The second-order valence-electron chi connectivity index (χ2n) is 7.86. The van der Waals surface area contributed by atoms with E-state index in [4.69, 9.17) is 14.2 Å². The van der Waals surface area contributed by atoms with Crippen LogP contribution in [0.5, 0.6) is 11.5 Å². The average Bonchev–Trinajstić information content (AvgIpc) is 3.47. The maximum Gasteiger partial charge on any atom is 0.326 e. The van der Waals surface area contributed by atoms with Crippen molar-refractivity contribution in [3.8, 4) is 11.5 Å². The Kier molecular flexibility index (Phi) is 6.68. The number of aromatic nitrogens is 1. The van der Waals surface area contributed by atoms with Crippen molar-refractivity contribution in [3.63, 3.8) is 0 Å². The van der Waals surface area contributed by atoms with E-state index in [0.717, 1.165) is 4.70 Å². The lowest BCUT2D eigenvalue weighted by molar-refractivity contribution is -0.143. The summed E-state index contributed by atoms with van der Waals surface area (Å²) in [6.45, 7) is 1.90. The molecule has 1 amide bonds. The number of carbonyl (C=O) groups excluding carboxylic acids is 2. The van der Waals surface area contributed by atoms with Crippen LogP contribution in [0.15, 0.2) is 76.6 Å². The van der Waals surface area contributed by atoms with Crippen LogP contribution in [-0.4, -0.2) is 38.3 Å². The van der Waals surface area contributed by atoms with E-state index < -0.39 is 21.9 Å².